The molecule has 7 heteroatoms. The molecule has 1 aliphatic heterocycles. The molecule has 2 aromatic rings. The first-order valence-electron chi connectivity index (χ1n) is 11.1. The summed E-state index contributed by atoms with van der Waals surface area (Å²) in [5.74, 6) is -0.256. The van der Waals surface area contributed by atoms with Gasteiger partial charge in [0, 0.05) is 42.6 Å². The van der Waals surface area contributed by atoms with Crippen molar-refractivity contribution >= 4 is 33.7 Å². The van der Waals surface area contributed by atoms with Crippen LogP contribution in [0.5, 0.6) is 0 Å². The molecule has 0 atom stereocenters. The van der Waals surface area contributed by atoms with E-state index in [4.69, 9.17) is 0 Å². The Balaban J connectivity index is 1.63. The van der Waals surface area contributed by atoms with Gasteiger partial charge >= 0.3 is 0 Å². The predicted octanol–water partition coefficient (Wildman–Crippen LogP) is 3.75. The summed E-state index contributed by atoms with van der Waals surface area (Å²) < 4.78 is 0.900. The molecule has 1 saturated carbocycles. The number of likely N-dealkylation sites (tertiary alicyclic amines) is 1. The fourth-order valence-electron chi connectivity index (χ4n) is 4.49. The number of amides is 3. The van der Waals surface area contributed by atoms with E-state index in [0.29, 0.717) is 38.0 Å². The van der Waals surface area contributed by atoms with Crippen LogP contribution in [0.3, 0.4) is 0 Å². The summed E-state index contributed by atoms with van der Waals surface area (Å²) in [5.41, 5.74) is 0.616. The van der Waals surface area contributed by atoms with E-state index in [1.54, 1.807) is 24.0 Å². The van der Waals surface area contributed by atoms with Crippen molar-refractivity contribution in [1.29, 1.82) is 0 Å². The minimum atomic E-state index is -0.966. The van der Waals surface area contributed by atoms with Gasteiger partial charge in [0.1, 0.15) is 5.54 Å². The van der Waals surface area contributed by atoms with Crippen LogP contribution in [0.1, 0.15) is 48.5 Å². The normalized spacial score (nSPS) is 17.5. The lowest BCUT2D eigenvalue weighted by atomic mass is 9.83. The quantitative estimate of drug-likeness (QED) is 0.660. The van der Waals surface area contributed by atoms with E-state index in [9.17, 15) is 14.4 Å². The third-order valence-electron chi connectivity index (χ3n) is 6.44. The van der Waals surface area contributed by atoms with Crippen molar-refractivity contribution in [1.82, 2.24) is 15.1 Å². The van der Waals surface area contributed by atoms with Crippen molar-refractivity contribution in [3.8, 4) is 0 Å². The highest BCUT2D eigenvalue weighted by atomic mass is 79.9. The molecule has 3 amide bonds. The molecule has 0 unspecified atom stereocenters. The van der Waals surface area contributed by atoms with E-state index in [2.05, 4.69) is 21.2 Å². The highest BCUT2D eigenvalue weighted by Crippen LogP contribution is 2.40. The number of nitrogens with zero attached hydrogens (tertiary/aromatic N) is 2. The van der Waals surface area contributed by atoms with E-state index in [1.165, 1.54) is 0 Å². The largest absolute Gasteiger partial charge is 0.350 e. The average molecular weight is 498 g/mol. The molecular formula is C25H28BrN3O3. The molecule has 1 heterocycles. The van der Waals surface area contributed by atoms with Gasteiger partial charge in [-0.1, -0.05) is 46.3 Å². The summed E-state index contributed by atoms with van der Waals surface area (Å²) in [6, 6.07) is 17.1. The lowest BCUT2D eigenvalue weighted by molar-refractivity contribution is -0.141. The molecule has 0 spiro atoms. The molecular weight excluding hydrogens is 470 g/mol. The second-order valence-electron chi connectivity index (χ2n) is 8.62. The molecule has 2 aromatic carbocycles. The third-order valence-corrected chi connectivity index (χ3v) is 6.97. The number of rotatable bonds is 6. The van der Waals surface area contributed by atoms with Gasteiger partial charge in [-0.2, -0.15) is 0 Å². The Labute approximate surface area is 197 Å². The maximum Gasteiger partial charge on any atom is 0.255 e. The number of nitrogens with one attached hydrogen (secondary N) is 1. The highest BCUT2D eigenvalue weighted by molar-refractivity contribution is 9.10. The topological polar surface area (TPSA) is 69.7 Å². The van der Waals surface area contributed by atoms with Crippen LogP contribution >= 0.6 is 15.9 Å². The van der Waals surface area contributed by atoms with Gasteiger partial charge in [-0.25, -0.2) is 0 Å². The molecule has 168 valence electrons. The van der Waals surface area contributed by atoms with E-state index in [-0.39, 0.29) is 23.8 Å². The van der Waals surface area contributed by atoms with Crippen molar-refractivity contribution in [2.75, 3.05) is 13.1 Å². The zero-order valence-corrected chi connectivity index (χ0v) is 19.8. The van der Waals surface area contributed by atoms with Crippen LogP contribution in [0.15, 0.2) is 59.1 Å². The van der Waals surface area contributed by atoms with Crippen LogP contribution < -0.4 is 5.32 Å². The average Bonchev–Trinajstić information content (AvgIpc) is 3.64. The van der Waals surface area contributed by atoms with Crippen LogP contribution in [0, 0.1) is 0 Å². The van der Waals surface area contributed by atoms with Crippen molar-refractivity contribution in [2.24, 2.45) is 0 Å². The SMILES string of the molecule is CC(=O)N1CCC(C(=O)NCc2ccccc2)(N(C(=O)c2ccc(Br)cc2)C2CC2)CC1. The first kappa shape index (κ1) is 22.5. The minimum Gasteiger partial charge on any atom is -0.350 e. The fourth-order valence-corrected chi connectivity index (χ4v) is 4.75. The summed E-state index contributed by atoms with van der Waals surface area (Å²) in [7, 11) is 0. The Morgan fingerprint density at radius 1 is 1.03 bits per heavy atom. The molecule has 0 aromatic heterocycles. The highest BCUT2D eigenvalue weighted by Gasteiger charge is 2.53. The molecule has 1 N–H and O–H groups in total. The maximum atomic E-state index is 13.7. The van der Waals surface area contributed by atoms with Crippen molar-refractivity contribution < 1.29 is 14.4 Å². The van der Waals surface area contributed by atoms with Crippen LogP contribution in [-0.4, -0.2) is 52.2 Å². The Morgan fingerprint density at radius 3 is 2.22 bits per heavy atom. The van der Waals surface area contributed by atoms with Crippen molar-refractivity contribution in [3.05, 3.63) is 70.2 Å². The Kier molecular flexibility index (Phi) is 6.65. The fraction of sp³-hybridized carbons (Fsp3) is 0.400. The molecule has 1 aliphatic carbocycles. The van der Waals surface area contributed by atoms with Crippen LogP contribution in [0.4, 0.5) is 0 Å². The molecule has 0 radical (unpaired) electrons. The minimum absolute atomic E-state index is 0.000465. The second kappa shape index (κ2) is 9.45. The Morgan fingerprint density at radius 2 is 1.66 bits per heavy atom. The third kappa shape index (κ3) is 4.72. The molecule has 0 bridgehead atoms. The number of benzene rings is 2. The van der Waals surface area contributed by atoms with E-state index < -0.39 is 5.54 Å². The van der Waals surface area contributed by atoms with Gasteiger partial charge in [-0.05, 0) is 55.5 Å². The summed E-state index contributed by atoms with van der Waals surface area (Å²) in [6.45, 7) is 2.88. The van der Waals surface area contributed by atoms with E-state index in [0.717, 1.165) is 22.9 Å². The van der Waals surface area contributed by atoms with Gasteiger partial charge in [0.25, 0.3) is 5.91 Å². The zero-order valence-electron chi connectivity index (χ0n) is 18.2. The van der Waals surface area contributed by atoms with Gasteiger partial charge in [0.15, 0.2) is 0 Å². The number of piperidine rings is 1. The maximum absolute atomic E-state index is 13.7. The summed E-state index contributed by atoms with van der Waals surface area (Å²) in [4.78, 5) is 42.9. The monoisotopic (exact) mass is 497 g/mol. The molecule has 2 aliphatic rings. The Bertz CT molecular complexity index is 981. The first-order valence-corrected chi connectivity index (χ1v) is 11.9. The second-order valence-corrected chi connectivity index (χ2v) is 9.53. The number of hydrogen-bond donors (Lipinski definition) is 1. The van der Waals surface area contributed by atoms with Gasteiger partial charge in [0.05, 0.1) is 0 Å². The smallest absolute Gasteiger partial charge is 0.255 e. The Hall–Kier alpha value is -2.67. The molecule has 2 fully saturated rings. The lowest BCUT2D eigenvalue weighted by Crippen LogP contribution is -2.65. The molecule has 4 rings (SSSR count). The molecule has 6 nitrogen and oxygen atoms in total. The van der Waals surface area contributed by atoms with Gasteiger partial charge < -0.3 is 15.1 Å². The van der Waals surface area contributed by atoms with Crippen LogP contribution in [0.2, 0.25) is 0 Å². The van der Waals surface area contributed by atoms with Gasteiger partial charge in [0.2, 0.25) is 11.8 Å². The van der Waals surface area contributed by atoms with Crippen molar-refractivity contribution in [3.63, 3.8) is 0 Å². The van der Waals surface area contributed by atoms with Gasteiger partial charge in [-0.3, -0.25) is 14.4 Å². The molecule has 1 saturated heterocycles. The number of halogens is 1. The van der Waals surface area contributed by atoms with Gasteiger partial charge in [-0.15, -0.1) is 0 Å². The predicted molar refractivity (Wildman–Crippen MR) is 126 cm³/mol. The van der Waals surface area contributed by atoms with Crippen molar-refractivity contribution in [2.45, 2.75) is 50.7 Å². The summed E-state index contributed by atoms with van der Waals surface area (Å²) in [6.07, 6.45) is 2.66. The first-order chi connectivity index (χ1) is 15.4. The van der Waals surface area contributed by atoms with Crippen LogP contribution in [-0.2, 0) is 16.1 Å². The van der Waals surface area contributed by atoms with Crippen LogP contribution in [0.25, 0.3) is 0 Å². The van der Waals surface area contributed by atoms with E-state index in [1.807, 2.05) is 47.4 Å². The lowest BCUT2D eigenvalue weighted by Gasteiger charge is -2.47. The zero-order chi connectivity index (χ0) is 22.7. The standard InChI is InChI=1S/C25H28BrN3O3/c1-18(30)28-15-13-25(14-16-28,24(32)27-17-19-5-3-2-4-6-19)29(22-11-12-22)23(31)20-7-9-21(26)10-8-20/h2-10,22H,11-17H2,1H3,(H,27,32). The summed E-state index contributed by atoms with van der Waals surface area (Å²) >= 11 is 3.42. The summed E-state index contributed by atoms with van der Waals surface area (Å²) in [5, 5.41) is 3.09. The molecule has 32 heavy (non-hydrogen) atoms. The van der Waals surface area contributed by atoms with E-state index >= 15 is 0 Å². The number of hydrogen-bond acceptors (Lipinski definition) is 3. The number of carbonyl (C=O) groups is 3. The number of carbonyl (C=O) groups excluding carboxylic acids is 3.